The Morgan fingerprint density at radius 3 is 2.71 bits per heavy atom. The minimum absolute atomic E-state index is 0.122. The van der Waals surface area contributed by atoms with Gasteiger partial charge in [-0.2, -0.15) is 0 Å². The summed E-state index contributed by atoms with van der Waals surface area (Å²) in [4.78, 5) is 2.43. The van der Waals surface area contributed by atoms with Crippen LogP contribution < -0.4 is 0 Å². The molecule has 3 heteroatoms. The van der Waals surface area contributed by atoms with Crippen molar-refractivity contribution >= 4 is 0 Å². The second-order valence-corrected chi connectivity index (χ2v) is 5.20. The molecule has 1 aliphatic rings. The summed E-state index contributed by atoms with van der Waals surface area (Å²) in [6.45, 7) is 6.55. The van der Waals surface area contributed by atoms with Crippen LogP contribution in [-0.2, 0) is 6.42 Å². The van der Waals surface area contributed by atoms with E-state index in [9.17, 15) is 5.11 Å². The van der Waals surface area contributed by atoms with Crippen LogP contribution in [0.1, 0.15) is 38.9 Å². The number of likely N-dealkylation sites (tertiary alicyclic amines) is 1. The fourth-order valence-corrected chi connectivity index (χ4v) is 2.74. The fourth-order valence-electron chi connectivity index (χ4n) is 2.74. The van der Waals surface area contributed by atoms with Crippen molar-refractivity contribution in [3.05, 3.63) is 24.2 Å². The summed E-state index contributed by atoms with van der Waals surface area (Å²) in [5.41, 5.74) is -0.122. The van der Waals surface area contributed by atoms with E-state index >= 15 is 0 Å². The largest absolute Gasteiger partial charge is 0.469 e. The van der Waals surface area contributed by atoms with Crippen molar-refractivity contribution in [2.75, 3.05) is 13.1 Å². The summed E-state index contributed by atoms with van der Waals surface area (Å²) in [5.74, 6) is 0.872. The summed E-state index contributed by atoms with van der Waals surface area (Å²) in [6.07, 6.45) is 5.38. The molecule has 0 bridgehead atoms. The number of hydrogen-bond acceptors (Lipinski definition) is 3. The van der Waals surface area contributed by atoms with Gasteiger partial charge in [0.1, 0.15) is 5.76 Å². The smallest absolute Gasteiger partial charge is 0.106 e. The molecule has 0 aromatic carbocycles. The maximum atomic E-state index is 10.5. The van der Waals surface area contributed by atoms with Crippen LogP contribution in [0.25, 0.3) is 0 Å². The molecule has 1 aromatic heterocycles. The van der Waals surface area contributed by atoms with Crippen LogP contribution in [-0.4, -0.2) is 34.7 Å². The third kappa shape index (κ3) is 2.55. The number of furan rings is 1. The first-order valence-electron chi connectivity index (χ1n) is 6.62. The zero-order valence-electron chi connectivity index (χ0n) is 10.9. The standard InChI is InChI=1S/C14H23NO2/c1-3-14(2,15-8-4-5-9-15)13(16)11-12-7-6-10-17-12/h6-7,10,13,16H,3-5,8-9,11H2,1-2H3. The van der Waals surface area contributed by atoms with Crippen LogP contribution in [0.5, 0.6) is 0 Å². The molecule has 96 valence electrons. The first kappa shape index (κ1) is 12.7. The maximum absolute atomic E-state index is 10.5. The molecular weight excluding hydrogens is 214 g/mol. The maximum Gasteiger partial charge on any atom is 0.106 e. The highest BCUT2D eigenvalue weighted by Crippen LogP contribution is 2.29. The molecule has 1 saturated heterocycles. The van der Waals surface area contributed by atoms with Gasteiger partial charge in [0.25, 0.3) is 0 Å². The minimum Gasteiger partial charge on any atom is -0.469 e. The van der Waals surface area contributed by atoms with Crippen LogP contribution >= 0.6 is 0 Å². The topological polar surface area (TPSA) is 36.6 Å². The summed E-state index contributed by atoms with van der Waals surface area (Å²) < 4.78 is 5.33. The van der Waals surface area contributed by atoms with Crippen molar-refractivity contribution in [1.82, 2.24) is 4.90 Å². The van der Waals surface area contributed by atoms with Crippen LogP contribution in [0.15, 0.2) is 22.8 Å². The highest BCUT2D eigenvalue weighted by atomic mass is 16.3. The predicted octanol–water partition coefficient (Wildman–Crippen LogP) is 2.45. The summed E-state index contributed by atoms with van der Waals surface area (Å²) >= 11 is 0. The van der Waals surface area contributed by atoms with Crippen molar-refractivity contribution in [3.63, 3.8) is 0 Å². The summed E-state index contributed by atoms with van der Waals surface area (Å²) in [6, 6.07) is 3.81. The molecule has 2 atom stereocenters. The van der Waals surface area contributed by atoms with E-state index in [4.69, 9.17) is 4.42 Å². The minimum atomic E-state index is -0.364. The third-order valence-corrected chi connectivity index (χ3v) is 4.24. The number of aliphatic hydroxyl groups is 1. The lowest BCUT2D eigenvalue weighted by Gasteiger charge is -2.41. The van der Waals surface area contributed by atoms with Gasteiger partial charge in [0.15, 0.2) is 0 Å². The Morgan fingerprint density at radius 1 is 1.47 bits per heavy atom. The van der Waals surface area contributed by atoms with E-state index in [0.29, 0.717) is 6.42 Å². The van der Waals surface area contributed by atoms with Crippen molar-refractivity contribution in [1.29, 1.82) is 0 Å². The second-order valence-electron chi connectivity index (χ2n) is 5.20. The van der Waals surface area contributed by atoms with Crippen LogP contribution in [0.4, 0.5) is 0 Å². The van der Waals surface area contributed by atoms with E-state index in [0.717, 1.165) is 25.3 Å². The van der Waals surface area contributed by atoms with E-state index in [1.54, 1.807) is 6.26 Å². The number of aliphatic hydroxyl groups excluding tert-OH is 1. The van der Waals surface area contributed by atoms with Gasteiger partial charge in [-0.25, -0.2) is 0 Å². The van der Waals surface area contributed by atoms with Crippen molar-refractivity contribution < 1.29 is 9.52 Å². The Hall–Kier alpha value is -0.800. The van der Waals surface area contributed by atoms with Gasteiger partial charge >= 0.3 is 0 Å². The van der Waals surface area contributed by atoms with Gasteiger partial charge in [-0.3, -0.25) is 4.90 Å². The van der Waals surface area contributed by atoms with E-state index in [1.807, 2.05) is 12.1 Å². The highest BCUT2D eigenvalue weighted by Gasteiger charge is 2.38. The molecule has 0 spiro atoms. The zero-order valence-corrected chi connectivity index (χ0v) is 10.9. The molecular formula is C14H23NO2. The van der Waals surface area contributed by atoms with Gasteiger partial charge in [-0.1, -0.05) is 6.92 Å². The molecule has 17 heavy (non-hydrogen) atoms. The molecule has 1 aliphatic heterocycles. The molecule has 3 nitrogen and oxygen atoms in total. The average Bonchev–Trinajstić information content (AvgIpc) is 3.00. The van der Waals surface area contributed by atoms with E-state index in [-0.39, 0.29) is 11.6 Å². The Morgan fingerprint density at radius 2 is 2.18 bits per heavy atom. The Bertz CT molecular complexity index is 330. The lowest BCUT2D eigenvalue weighted by Crippen LogP contribution is -2.53. The molecule has 0 saturated carbocycles. The second kappa shape index (κ2) is 5.23. The zero-order chi connectivity index (χ0) is 12.3. The molecule has 1 fully saturated rings. The number of hydrogen-bond donors (Lipinski definition) is 1. The monoisotopic (exact) mass is 237 g/mol. The van der Waals surface area contributed by atoms with Gasteiger partial charge in [-0.15, -0.1) is 0 Å². The SMILES string of the molecule is CCC(C)(C(O)Cc1ccco1)N1CCCC1. The predicted molar refractivity (Wildman–Crippen MR) is 67.9 cm³/mol. The quantitative estimate of drug-likeness (QED) is 0.854. The van der Waals surface area contributed by atoms with Crippen LogP contribution in [0, 0.1) is 0 Å². The third-order valence-electron chi connectivity index (χ3n) is 4.24. The van der Waals surface area contributed by atoms with Crippen molar-refractivity contribution in [2.45, 2.75) is 51.2 Å². The lowest BCUT2D eigenvalue weighted by molar-refractivity contribution is -0.0141. The molecule has 2 unspecified atom stereocenters. The molecule has 0 radical (unpaired) electrons. The molecule has 1 aromatic rings. The molecule has 1 N–H and O–H groups in total. The first-order valence-corrected chi connectivity index (χ1v) is 6.62. The summed E-state index contributed by atoms with van der Waals surface area (Å²) in [7, 11) is 0. The molecule has 0 amide bonds. The lowest BCUT2D eigenvalue weighted by atomic mass is 9.87. The van der Waals surface area contributed by atoms with Crippen molar-refractivity contribution in [3.8, 4) is 0 Å². The first-order chi connectivity index (χ1) is 8.16. The highest BCUT2D eigenvalue weighted by molar-refractivity contribution is 5.04. The van der Waals surface area contributed by atoms with Gasteiger partial charge in [-0.05, 0) is 51.4 Å². The van der Waals surface area contributed by atoms with Crippen LogP contribution in [0.3, 0.4) is 0 Å². The van der Waals surface area contributed by atoms with Gasteiger partial charge < -0.3 is 9.52 Å². The fraction of sp³-hybridized carbons (Fsp3) is 0.714. The van der Waals surface area contributed by atoms with Crippen molar-refractivity contribution in [2.24, 2.45) is 0 Å². The van der Waals surface area contributed by atoms with Gasteiger partial charge in [0.2, 0.25) is 0 Å². The Labute approximate surface area is 103 Å². The number of rotatable bonds is 5. The summed E-state index contributed by atoms with van der Waals surface area (Å²) in [5, 5.41) is 10.5. The Balaban J connectivity index is 2.05. The van der Waals surface area contributed by atoms with E-state index < -0.39 is 0 Å². The van der Waals surface area contributed by atoms with Gasteiger partial charge in [0.05, 0.1) is 12.4 Å². The molecule has 0 aliphatic carbocycles. The molecule has 2 rings (SSSR count). The van der Waals surface area contributed by atoms with E-state index in [2.05, 4.69) is 18.7 Å². The average molecular weight is 237 g/mol. The normalized spacial score (nSPS) is 22.5. The molecule has 2 heterocycles. The number of nitrogens with zero attached hydrogens (tertiary/aromatic N) is 1. The Kier molecular flexibility index (Phi) is 3.89. The van der Waals surface area contributed by atoms with Gasteiger partial charge in [0, 0.05) is 12.0 Å². The van der Waals surface area contributed by atoms with E-state index in [1.165, 1.54) is 12.8 Å². The van der Waals surface area contributed by atoms with Crippen LogP contribution in [0.2, 0.25) is 0 Å².